The zero-order valence-corrected chi connectivity index (χ0v) is 12.0. The summed E-state index contributed by atoms with van der Waals surface area (Å²) in [6.07, 6.45) is 2.64. The molecule has 2 aliphatic heterocycles. The van der Waals surface area contributed by atoms with Gasteiger partial charge < -0.3 is 9.73 Å². The highest BCUT2D eigenvalue weighted by atomic mass is 16.4. The summed E-state index contributed by atoms with van der Waals surface area (Å²) in [4.78, 5) is 2.43. The van der Waals surface area contributed by atoms with Gasteiger partial charge in [-0.25, -0.2) is 0 Å². The maximum Gasteiger partial charge on any atom is 0.247 e. The quantitative estimate of drug-likeness (QED) is 0.933. The van der Waals surface area contributed by atoms with Gasteiger partial charge in [0.2, 0.25) is 11.8 Å². The molecule has 110 valence electrons. The molecule has 1 aromatic heterocycles. The first kappa shape index (κ1) is 13.0. The highest BCUT2D eigenvalue weighted by molar-refractivity contribution is 5.51. The number of aromatic nitrogens is 2. The number of rotatable bonds is 3. The summed E-state index contributed by atoms with van der Waals surface area (Å²) in [7, 11) is 0. The molecule has 21 heavy (non-hydrogen) atoms. The Morgan fingerprint density at radius 3 is 2.95 bits per heavy atom. The predicted molar refractivity (Wildman–Crippen MR) is 79.5 cm³/mol. The number of likely N-dealkylation sites (tertiary alicyclic amines) is 1. The molecule has 0 amide bonds. The van der Waals surface area contributed by atoms with E-state index in [9.17, 15) is 0 Å². The summed E-state index contributed by atoms with van der Waals surface area (Å²) in [6.45, 7) is 4.15. The van der Waals surface area contributed by atoms with Gasteiger partial charge in [0.25, 0.3) is 0 Å². The van der Waals surface area contributed by atoms with Crippen molar-refractivity contribution in [3.63, 3.8) is 0 Å². The van der Waals surface area contributed by atoms with Crippen LogP contribution < -0.4 is 5.32 Å². The lowest BCUT2D eigenvalue weighted by atomic mass is 9.94. The minimum atomic E-state index is 0.611. The summed E-state index contributed by atoms with van der Waals surface area (Å²) in [5.74, 6) is 2.11. The van der Waals surface area contributed by atoms with Crippen LogP contribution in [-0.4, -0.2) is 40.8 Å². The Balaban J connectivity index is 1.43. The Kier molecular flexibility index (Phi) is 3.45. The second kappa shape index (κ2) is 5.58. The number of benzene rings is 1. The van der Waals surface area contributed by atoms with Crippen LogP contribution in [0.3, 0.4) is 0 Å². The predicted octanol–water partition coefficient (Wildman–Crippen LogP) is 1.92. The van der Waals surface area contributed by atoms with E-state index in [1.165, 1.54) is 12.8 Å². The fourth-order valence-corrected chi connectivity index (χ4v) is 3.47. The number of fused-ring (bicyclic) bond motifs is 1. The number of piperidine rings is 1. The molecule has 2 atom stereocenters. The number of nitrogens with one attached hydrogen (secondary N) is 1. The lowest BCUT2D eigenvalue weighted by Crippen LogP contribution is -2.40. The van der Waals surface area contributed by atoms with Crippen LogP contribution in [0.2, 0.25) is 0 Å². The molecule has 5 heteroatoms. The molecule has 2 aromatic rings. The Morgan fingerprint density at radius 2 is 2.10 bits per heavy atom. The third-order valence-electron chi connectivity index (χ3n) is 4.52. The topological polar surface area (TPSA) is 54.2 Å². The second-order valence-electron chi connectivity index (χ2n) is 6.02. The van der Waals surface area contributed by atoms with Crippen molar-refractivity contribution in [2.45, 2.75) is 25.4 Å². The third kappa shape index (κ3) is 2.71. The third-order valence-corrected chi connectivity index (χ3v) is 4.52. The highest BCUT2D eigenvalue weighted by Gasteiger charge is 2.34. The van der Waals surface area contributed by atoms with Gasteiger partial charge in [-0.1, -0.05) is 18.2 Å². The number of nitrogens with zero attached hydrogens (tertiary/aromatic N) is 3. The molecule has 3 heterocycles. The summed E-state index contributed by atoms with van der Waals surface area (Å²) in [5, 5.41) is 12.0. The van der Waals surface area contributed by atoms with Crippen molar-refractivity contribution in [1.82, 2.24) is 20.4 Å². The van der Waals surface area contributed by atoms with E-state index in [1.807, 2.05) is 30.3 Å². The van der Waals surface area contributed by atoms with Crippen LogP contribution in [-0.2, 0) is 6.54 Å². The highest BCUT2D eigenvalue weighted by Crippen LogP contribution is 2.26. The molecule has 0 aliphatic carbocycles. The second-order valence-corrected chi connectivity index (χ2v) is 6.02. The van der Waals surface area contributed by atoms with Gasteiger partial charge >= 0.3 is 0 Å². The fraction of sp³-hybridized carbons (Fsp3) is 0.500. The Morgan fingerprint density at radius 1 is 1.19 bits per heavy atom. The van der Waals surface area contributed by atoms with Crippen LogP contribution in [0.1, 0.15) is 18.7 Å². The van der Waals surface area contributed by atoms with Gasteiger partial charge in [0.05, 0.1) is 6.54 Å². The van der Waals surface area contributed by atoms with E-state index in [4.69, 9.17) is 4.42 Å². The average Bonchev–Trinajstić information content (AvgIpc) is 3.14. The molecule has 4 rings (SSSR count). The molecule has 0 saturated carbocycles. The van der Waals surface area contributed by atoms with E-state index >= 15 is 0 Å². The van der Waals surface area contributed by atoms with Crippen LogP contribution >= 0.6 is 0 Å². The smallest absolute Gasteiger partial charge is 0.247 e. The summed E-state index contributed by atoms with van der Waals surface area (Å²) in [6, 6.07) is 10.6. The molecule has 0 radical (unpaired) electrons. The molecule has 1 N–H and O–H groups in total. The monoisotopic (exact) mass is 284 g/mol. The van der Waals surface area contributed by atoms with Gasteiger partial charge in [0.15, 0.2) is 0 Å². The molecule has 2 aliphatic rings. The summed E-state index contributed by atoms with van der Waals surface area (Å²) >= 11 is 0. The summed E-state index contributed by atoms with van der Waals surface area (Å²) in [5.41, 5.74) is 0.980. The first-order chi connectivity index (χ1) is 10.4. The Hall–Kier alpha value is -1.72. The van der Waals surface area contributed by atoms with Gasteiger partial charge in [-0.3, -0.25) is 4.90 Å². The number of hydrogen-bond acceptors (Lipinski definition) is 5. The first-order valence-corrected chi connectivity index (χ1v) is 7.72. The lowest BCUT2D eigenvalue weighted by Gasteiger charge is -2.24. The van der Waals surface area contributed by atoms with E-state index in [-0.39, 0.29) is 0 Å². The first-order valence-electron chi connectivity index (χ1n) is 7.72. The van der Waals surface area contributed by atoms with Crippen LogP contribution in [0, 0.1) is 5.92 Å². The van der Waals surface area contributed by atoms with E-state index in [0.29, 0.717) is 17.8 Å². The van der Waals surface area contributed by atoms with Crippen LogP contribution in [0.4, 0.5) is 0 Å². The Labute approximate surface area is 124 Å². The largest absolute Gasteiger partial charge is 0.419 e. The molecule has 1 aromatic carbocycles. The van der Waals surface area contributed by atoms with E-state index in [1.54, 1.807) is 0 Å². The normalized spacial score (nSPS) is 25.9. The van der Waals surface area contributed by atoms with Crippen molar-refractivity contribution < 1.29 is 4.42 Å². The van der Waals surface area contributed by atoms with Crippen molar-refractivity contribution >= 4 is 0 Å². The van der Waals surface area contributed by atoms with Gasteiger partial charge in [-0.05, 0) is 37.4 Å². The Bertz CT molecular complexity index is 583. The van der Waals surface area contributed by atoms with Crippen LogP contribution in [0.15, 0.2) is 34.7 Å². The van der Waals surface area contributed by atoms with Crippen molar-refractivity contribution in [3.8, 4) is 11.5 Å². The van der Waals surface area contributed by atoms with Crippen molar-refractivity contribution in [2.24, 2.45) is 5.92 Å². The summed E-state index contributed by atoms with van der Waals surface area (Å²) < 4.78 is 5.80. The van der Waals surface area contributed by atoms with Crippen molar-refractivity contribution in [2.75, 3.05) is 19.6 Å². The minimum Gasteiger partial charge on any atom is -0.419 e. The molecular formula is C16H20N4O. The van der Waals surface area contributed by atoms with Gasteiger partial charge in [0.1, 0.15) is 0 Å². The minimum absolute atomic E-state index is 0.611. The molecular weight excluding hydrogens is 264 g/mol. The fourth-order valence-electron chi connectivity index (χ4n) is 3.47. The van der Waals surface area contributed by atoms with E-state index in [0.717, 1.165) is 37.7 Å². The van der Waals surface area contributed by atoms with Crippen LogP contribution in [0.5, 0.6) is 0 Å². The number of hydrogen-bond donors (Lipinski definition) is 1. The van der Waals surface area contributed by atoms with Gasteiger partial charge in [0, 0.05) is 24.7 Å². The maximum absolute atomic E-state index is 5.80. The molecule has 2 fully saturated rings. The van der Waals surface area contributed by atoms with E-state index in [2.05, 4.69) is 20.4 Å². The molecule has 0 bridgehead atoms. The van der Waals surface area contributed by atoms with Gasteiger partial charge in [-0.2, -0.15) is 0 Å². The standard InChI is InChI=1S/C16H20N4O/c1-2-5-12(6-3-1)16-19-18-15(21-16)11-20-9-13-7-4-8-17-14(13)10-20/h1-3,5-6,13-14,17H,4,7-11H2/t13-,14+/m0/s1. The van der Waals surface area contributed by atoms with Crippen molar-refractivity contribution in [3.05, 3.63) is 36.2 Å². The maximum atomic E-state index is 5.80. The molecule has 2 saturated heterocycles. The molecule has 5 nitrogen and oxygen atoms in total. The van der Waals surface area contributed by atoms with Gasteiger partial charge in [-0.15, -0.1) is 10.2 Å². The van der Waals surface area contributed by atoms with E-state index < -0.39 is 0 Å². The lowest BCUT2D eigenvalue weighted by molar-refractivity contribution is 0.280. The zero-order valence-electron chi connectivity index (χ0n) is 12.0. The molecule has 0 spiro atoms. The zero-order chi connectivity index (χ0) is 14.1. The van der Waals surface area contributed by atoms with Crippen LogP contribution in [0.25, 0.3) is 11.5 Å². The molecule has 0 unspecified atom stereocenters. The average molecular weight is 284 g/mol. The SMILES string of the molecule is c1ccc(-c2nnc(CN3C[C@@H]4CCCN[C@@H]4C3)o2)cc1. The van der Waals surface area contributed by atoms with Crippen molar-refractivity contribution in [1.29, 1.82) is 0 Å².